The van der Waals surface area contributed by atoms with Gasteiger partial charge in [0.2, 0.25) is 5.91 Å². The lowest BCUT2D eigenvalue weighted by Crippen LogP contribution is -2.57. The summed E-state index contributed by atoms with van der Waals surface area (Å²) in [5.41, 5.74) is 0.234. The molecule has 6 heteroatoms. The molecule has 1 atom stereocenters. The molecule has 30 heavy (non-hydrogen) atoms. The van der Waals surface area contributed by atoms with E-state index in [9.17, 15) is 14.0 Å². The first-order valence-electron chi connectivity index (χ1n) is 11.1. The molecule has 4 saturated carbocycles. The number of methoxy groups -OCH3 is 1. The van der Waals surface area contributed by atoms with Crippen molar-refractivity contribution in [3.63, 3.8) is 0 Å². The standard InChI is InChI=1S/C24H32FNO4/c1-14(2)21(22(27)30-13-15-4-5-20(29-3)19(25)9-15)26-23(28)24-10-16-6-17(11-24)8-18(7-16)12-24/h4-5,9,14,16-18,21H,6-8,10-13H2,1-3H3,(H,26,28)/t16?,17?,18?,21-,24?/m1/s1. The van der Waals surface area contributed by atoms with Crippen LogP contribution in [0.25, 0.3) is 0 Å². The van der Waals surface area contributed by atoms with Crippen molar-refractivity contribution in [2.75, 3.05) is 7.11 Å². The monoisotopic (exact) mass is 417 g/mol. The average molecular weight is 418 g/mol. The lowest BCUT2D eigenvalue weighted by atomic mass is 9.49. The van der Waals surface area contributed by atoms with Crippen molar-refractivity contribution < 1.29 is 23.5 Å². The van der Waals surface area contributed by atoms with Gasteiger partial charge in [0.25, 0.3) is 0 Å². The van der Waals surface area contributed by atoms with Crippen molar-refractivity contribution in [1.29, 1.82) is 0 Å². The first-order chi connectivity index (χ1) is 14.3. The molecule has 1 aromatic carbocycles. The van der Waals surface area contributed by atoms with Crippen molar-refractivity contribution in [2.45, 2.75) is 65.0 Å². The number of ether oxygens (including phenoxy) is 2. The molecule has 1 amide bonds. The molecular weight excluding hydrogens is 385 g/mol. The molecule has 4 fully saturated rings. The zero-order valence-corrected chi connectivity index (χ0v) is 18.1. The van der Waals surface area contributed by atoms with E-state index in [-0.39, 0.29) is 29.6 Å². The summed E-state index contributed by atoms with van der Waals surface area (Å²) < 4.78 is 24.2. The first kappa shape index (κ1) is 21.1. The SMILES string of the molecule is COc1ccc(COC(=O)[C@H](NC(=O)C23CC4CC(CC(C4)C2)C3)C(C)C)cc1F. The number of benzene rings is 1. The van der Waals surface area contributed by atoms with Crippen molar-refractivity contribution >= 4 is 11.9 Å². The van der Waals surface area contributed by atoms with Crippen LogP contribution in [0.5, 0.6) is 5.75 Å². The Morgan fingerprint density at radius 2 is 1.73 bits per heavy atom. The summed E-state index contributed by atoms with van der Waals surface area (Å²) in [5, 5.41) is 3.03. The lowest BCUT2D eigenvalue weighted by molar-refractivity contribution is -0.156. The number of rotatable bonds is 7. The highest BCUT2D eigenvalue weighted by molar-refractivity contribution is 5.88. The number of nitrogens with one attached hydrogen (secondary N) is 1. The maximum absolute atomic E-state index is 13.9. The van der Waals surface area contributed by atoms with E-state index in [2.05, 4.69) is 5.32 Å². The van der Waals surface area contributed by atoms with Gasteiger partial charge < -0.3 is 14.8 Å². The van der Waals surface area contributed by atoms with E-state index in [1.54, 1.807) is 6.07 Å². The number of halogens is 1. The highest BCUT2D eigenvalue weighted by atomic mass is 19.1. The summed E-state index contributed by atoms with van der Waals surface area (Å²) in [5.74, 6) is 1.09. The van der Waals surface area contributed by atoms with Crippen LogP contribution in [-0.2, 0) is 20.9 Å². The van der Waals surface area contributed by atoms with Crippen LogP contribution in [0.1, 0.15) is 57.9 Å². The van der Waals surface area contributed by atoms with Gasteiger partial charge in [-0.2, -0.15) is 0 Å². The average Bonchev–Trinajstić information content (AvgIpc) is 2.68. The van der Waals surface area contributed by atoms with Crippen LogP contribution >= 0.6 is 0 Å². The molecular formula is C24H32FNO4. The fourth-order valence-corrected chi connectivity index (χ4v) is 6.22. The van der Waals surface area contributed by atoms with E-state index in [1.165, 1.54) is 38.5 Å². The first-order valence-corrected chi connectivity index (χ1v) is 11.1. The zero-order valence-electron chi connectivity index (χ0n) is 18.1. The number of amides is 1. The molecule has 0 saturated heterocycles. The maximum Gasteiger partial charge on any atom is 0.329 e. The molecule has 4 aliphatic rings. The van der Waals surface area contributed by atoms with Crippen LogP contribution in [0.4, 0.5) is 4.39 Å². The predicted molar refractivity (Wildman–Crippen MR) is 110 cm³/mol. The number of carbonyl (C=O) groups is 2. The van der Waals surface area contributed by atoms with Crippen molar-refractivity contribution in [2.24, 2.45) is 29.1 Å². The molecule has 5 nitrogen and oxygen atoms in total. The predicted octanol–water partition coefficient (Wildman–Crippen LogP) is 4.23. The van der Waals surface area contributed by atoms with Gasteiger partial charge in [-0.05, 0) is 79.9 Å². The Morgan fingerprint density at radius 1 is 1.13 bits per heavy atom. The second-order valence-corrected chi connectivity index (χ2v) is 9.97. The van der Waals surface area contributed by atoms with E-state index in [1.807, 2.05) is 13.8 Å². The van der Waals surface area contributed by atoms with Crippen molar-refractivity contribution in [3.8, 4) is 5.75 Å². The lowest BCUT2D eigenvalue weighted by Gasteiger charge is -2.55. The van der Waals surface area contributed by atoms with Gasteiger partial charge in [0, 0.05) is 5.41 Å². The largest absolute Gasteiger partial charge is 0.494 e. The molecule has 0 aromatic heterocycles. The Balaban J connectivity index is 1.39. The van der Waals surface area contributed by atoms with Gasteiger partial charge in [-0.1, -0.05) is 19.9 Å². The molecule has 5 rings (SSSR count). The molecule has 0 unspecified atom stereocenters. The minimum Gasteiger partial charge on any atom is -0.494 e. The molecule has 4 bridgehead atoms. The minimum absolute atomic E-state index is 0.0211. The van der Waals surface area contributed by atoms with Gasteiger partial charge in [-0.15, -0.1) is 0 Å². The van der Waals surface area contributed by atoms with E-state index in [4.69, 9.17) is 9.47 Å². The van der Waals surface area contributed by atoms with Crippen LogP contribution < -0.4 is 10.1 Å². The Morgan fingerprint density at radius 3 is 2.23 bits per heavy atom. The quantitative estimate of drug-likeness (QED) is 0.674. The summed E-state index contributed by atoms with van der Waals surface area (Å²) in [6, 6.07) is 3.76. The topological polar surface area (TPSA) is 64.6 Å². The molecule has 0 aliphatic heterocycles. The van der Waals surface area contributed by atoms with Crippen LogP contribution in [-0.4, -0.2) is 25.0 Å². The number of hydrogen-bond acceptors (Lipinski definition) is 4. The third-order valence-electron chi connectivity index (χ3n) is 7.32. The van der Waals surface area contributed by atoms with Crippen molar-refractivity contribution in [3.05, 3.63) is 29.6 Å². The Bertz CT molecular complexity index is 786. The highest BCUT2D eigenvalue weighted by Crippen LogP contribution is 2.60. The van der Waals surface area contributed by atoms with Gasteiger partial charge in [0.1, 0.15) is 12.6 Å². The third kappa shape index (κ3) is 4.06. The van der Waals surface area contributed by atoms with E-state index in [0.717, 1.165) is 19.3 Å². The van der Waals surface area contributed by atoms with Gasteiger partial charge >= 0.3 is 5.97 Å². The fourth-order valence-electron chi connectivity index (χ4n) is 6.22. The van der Waals surface area contributed by atoms with Crippen LogP contribution in [0, 0.1) is 34.9 Å². The van der Waals surface area contributed by atoms with E-state index < -0.39 is 17.8 Å². The molecule has 1 N–H and O–H groups in total. The molecule has 164 valence electrons. The highest BCUT2D eigenvalue weighted by Gasteiger charge is 2.55. The van der Waals surface area contributed by atoms with Crippen molar-refractivity contribution in [1.82, 2.24) is 5.32 Å². The van der Waals surface area contributed by atoms with Crippen LogP contribution in [0.15, 0.2) is 18.2 Å². The second kappa shape index (κ2) is 8.20. The molecule has 1 aromatic rings. The maximum atomic E-state index is 13.9. The Kier molecular flexibility index (Phi) is 5.78. The summed E-state index contributed by atoms with van der Waals surface area (Å²) in [6.45, 7) is 3.76. The number of carbonyl (C=O) groups excluding carboxylic acids is 2. The second-order valence-electron chi connectivity index (χ2n) is 9.97. The van der Waals surface area contributed by atoms with E-state index in [0.29, 0.717) is 23.3 Å². The molecule has 0 radical (unpaired) electrons. The van der Waals surface area contributed by atoms with E-state index >= 15 is 0 Å². The van der Waals surface area contributed by atoms with Gasteiger partial charge in [-0.25, -0.2) is 9.18 Å². The summed E-state index contributed by atoms with van der Waals surface area (Å²) in [7, 11) is 1.40. The van der Waals surface area contributed by atoms with Gasteiger partial charge in [0.15, 0.2) is 11.6 Å². The number of hydrogen-bond donors (Lipinski definition) is 1. The fraction of sp³-hybridized carbons (Fsp3) is 0.667. The molecule has 0 heterocycles. The Labute approximate surface area is 177 Å². The zero-order chi connectivity index (χ0) is 21.5. The molecule has 4 aliphatic carbocycles. The number of esters is 1. The van der Waals surface area contributed by atoms with Gasteiger partial charge in [-0.3, -0.25) is 4.79 Å². The summed E-state index contributed by atoms with van der Waals surface area (Å²) in [6.07, 6.45) is 6.66. The van der Waals surface area contributed by atoms with Crippen LogP contribution in [0.2, 0.25) is 0 Å². The Hall–Kier alpha value is -2.11. The third-order valence-corrected chi connectivity index (χ3v) is 7.32. The minimum atomic E-state index is -0.700. The van der Waals surface area contributed by atoms with Gasteiger partial charge in [0.05, 0.1) is 7.11 Å². The summed E-state index contributed by atoms with van der Waals surface area (Å²) >= 11 is 0. The smallest absolute Gasteiger partial charge is 0.329 e. The molecule has 0 spiro atoms. The normalized spacial score (nSPS) is 30.2. The van der Waals surface area contributed by atoms with Crippen LogP contribution in [0.3, 0.4) is 0 Å². The summed E-state index contributed by atoms with van der Waals surface area (Å²) in [4.78, 5) is 26.1.